The Labute approximate surface area is 110 Å². The van der Waals surface area contributed by atoms with Crippen LogP contribution in [0.3, 0.4) is 0 Å². The third kappa shape index (κ3) is 2.73. The first-order valence-corrected chi connectivity index (χ1v) is 6.18. The first-order valence-electron chi connectivity index (χ1n) is 6.18. The Bertz CT molecular complexity index is 603. The summed E-state index contributed by atoms with van der Waals surface area (Å²) in [5.41, 5.74) is 1.91. The van der Waals surface area contributed by atoms with Crippen molar-refractivity contribution in [2.45, 2.75) is 18.9 Å². The molecule has 1 fully saturated rings. The summed E-state index contributed by atoms with van der Waals surface area (Å²) in [5, 5.41) is 8.95. The van der Waals surface area contributed by atoms with Crippen LogP contribution in [0.15, 0.2) is 42.7 Å². The maximum Gasteiger partial charge on any atom is 0.337 e. The predicted octanol–water partition coefficient (Wildman–Crippen LogP) is 2.99. The Hall–Kier alpha value is -2.36. The first kappa shape index (κ1) is 11.7. The maximum atomic E-state index is 10.9. The van der Waals surface area contributed by atoms with Gasteiger partial charge in [-0.1, -0.05) is 12.1 Å². The molecule has 1 N–H and O–H groups in total. The summed E-state index contributed by atoms with van der Waals surface area (Å²) < 4.78 is 5.67. The summed E-state index contributed by atoms with van der Waals surface area (Å²) in [7, 11) is 0. The molecule has 4 heteroatoms. The van der Waals surface area contributed by atoms with Crippen molar-refractivity contribution in [1.82, 2.24) is 4.98 Å². The number of carbonyl (C=O) groups is 1. The highest BCUT2D eigenvalue weighted by Gasteiger charge is 2.23. The van der Waals surface area contributed by atoms with E-state index in [1.54, 1.807) is 12.3 Å². The molecule has 1 heterocycles. The number of nitrogens with zero attached hydrogens (tertiary/aromatic N) is 1. The van der Waals surface area contributed by atoms with Gasteiger partial charge in [0.25, 0.3) is 0 Å². The summed E-state index contributed by atoms with van der Waals surface area (Å²) in [6.45, 7) is 0. The lowest BCUT2D eigenvalue weighted by Crippen LogP contribution is -1.97. The number of carboxylic acids is 1. The molecule has 1 aliphatic rings. The van der Waals surface area contributed by atoms with Crippen LogP contribution < -0.4 is 4.74 Å². The van der Waals surface area contributed by atoms with Crippen molar-refractivity contribution in [3.05, 3.63) is 48.3 Å². The van der Waals surface area contributed by atoms with Crippen molar-refractivity contribution in [3.8, 4) is 16.9 Å². The monoisotopic (exact) mass is 255 g/mol. The first-order chi connectivity index (χ1) is 9.22. The molecule has 0 bridgehead atoms. The summed E-state index contributed by atoms with van der Waals surface area (Å²) >= 11 is 0. The summed E-state index contributed by atoms with van der Waals surface area (Å²) in [4.78, 5) is 14.9. The topological polar surface area (TPSA) is 59.4 Å². The Morgan fingerprint density at radius 3 is 2.53 bits per heavy atom. The van der Waals surface area contributed by atoms with E-state index in [-0.39, 0.29) is 5.56 Å². The van der Waals surface area contributed by atoms with E-state index >= 15 is 0 Å². The molecular weight excluding hydrogens is 242 g/mol. The van der Waals surface area contributed by atoms with Crippen LogP contribution in [0.2, 0.25) is 0 Å². The highest BCUT2D eigenvalue weighted by Crippen LogP contribution is 2.28. The number of aromatic nitrogens is 1. The van der Waals surface area contributed by atoms with Crippen LogP contribution in [0.1, 0.15) is 23.2 Å². The van der Waals surface area contributed by atoms with Crippen LogP contribution in [0.25, 0.3) is 11.1 Å². The second-order valence-electron chi connectivity index (χ2n) is 4.61. The number of hydrogen-bond donors (Lipinski definition) is 1. The minimum atomic E-state index is -0.969. The number of ether oxygens (including phenoxy) is 1. The van der Waals surface area contributed by atoms with Crippen molar-refractivity contribution in [2.75, 3.05) is 0 Å². The quantitative estimate of drug-likeness (QED) is 0.912. The molecule has 96 valence electrons. The summed E-state index contributed by atoms with van der Waals surface area (Å²) in [6.07, 6.45) is 5.64. The van der Waals surface area contributed by atoms with Crippen LogP contribution in [0, 0.1) is 0 Å². The predicted molar refractivity (Wildman–Crippen MR) is 70.3 cm³/mol. The van der Waals surface area contributed by atoms with Gasteiger partial charge in [-0.05, 0) is 36.6 Å². The van der Waals surface area contributed by atoms with E-state index in [0.717, 1.165) is 29.7 Å². The maximum absolute atomic E-state index is 10.9. The lowest BCUT2D eigenvalue weighted by atomic mass is 10.1. The van der Waals surface area contributed by atoms with Crippen LogP contribution >= 0.6 is 0 Å². The second-order valence-corrected chi connectivity index (χ2v) is 4.61. The normalized spacial score (nSPS) is 14.1. The SMILES string of the molecule is O=C(O)c1cncc(-c2ccc(OC3CC3)cc2)c1. The Morgan fingerprint density at radius 1 is 1.16 bits per heavy atom. The fourth-order valence-electron chi connectivity index (χ4n) is 1.82. The van der Waals surface area contributed by atoms with Gasteiger partial charge in [0, 0.05) is 18.0 Å². The van der Waals surface area contributed by atoms with Gasteiger partial charge >= 0.3 is 5.97 Å². The lowest BCUT2D eigenvalue weighted by molar-refractivity contribution is 0.0696. The van der Waals surface area contributed by atoms with E-state index in [1.165, 1.54) is 6.20 Å². The average molecular weight is 255 g/mol. The Morgan fingerprint density at radius 2 is 1.89 bits per heavy atom. The van der Waals surface area contributed by atoms with Crippen LogP contribution in [0.4, 0.5) is 0 Å². The number of carboxylic acid groups (broad SMARTS) is 1. The van der Waals surface area contributed by atoms with E-state index in [1.807, 2.05) is 24.3 Å². The fourth-order valence-corrected chi connectivity index (χ4v) is 1.82. The van der Waals surface area contributed by atoms with E-state index < -0.39 is 5.97 Å². The molecule has 1 aromatic carbocycles. The summed E-state index contributed by atoms with van der Waals surface area (Å²) in [6, 6.07) is 9.26. The van der Waals surface area contributed by atoms with Gasteiger partial charge in [0.1, 0.15) is 5.75 Å². The molecule has 1 aliphatic carbocycles. The van der Waals surface area contributed by atoms with Gasteiger partial charge in [-0.25, -0.2) is 4.79 Å². The zero-order chi connectivity index (χ0) is 13.2. The molecule has 0 radical (unpaired) electrons. The molecule has 0 spiro atoms. The molecule has 2 aromatic rings. The van der Waals surface area contributed by atoms with Gasteiger partial charge in [-0.3, -0.25) is 4.98 Å². The van der Waals surface area contributed by atoms with Crippen molar-refractivity contribution in [3.63, 3.8) is 0 Å². The van der Waals surface area contributed by atoms with Gasteiger partial charge in [-0.2, -0.15) is 0 Å². The van der Waals surface area contributed by atoms with Crippen molar-refractivity contribution >= 4 is 5.97 Å². The van der Waals surface area contributed by atoms with Crippen LogP contribution in [0.5, 0.6) is 5.75 Å². The molecular formula is C15H13NO3. The molecule has 0 aliphatic heterocycles. The third-order valence-electron chi connectivity index (χ3n) is 3.00. The Balaban J connectivity index is 1.84. The van der Waals surface area contributed by atoms with Crippen LogP contribution in [-0.2, 0) is 0 Å². The molecule has 0 saturated heterocycles. The molecule has 0 amide bonds. The number of pyridine rings is 1. The second kappa shape index (κ2) is 4.72. The highest BCUT2D eigenvalue weighted by atomic mass is 16.5. The van der Waals surface area contributed by atoms with Crippen LogP contribution in [-0.4, -0.2) is 22.2 Å². The van der Waals surface area contributed by atoms with Gasteiger partial charge in [0.2, 0.25) is 0 Å². The summed E-state index contributed by atoms with van der Waals surface area (Å²) in [5.74, 6) is -0.114. The minimum absolute atomic E-state index is 0.191. The van der Waals surface area contributed by atoms with Gasteiger partial charge < -0.3 is 9.84 Å². The standard InChI is InChI=1S/C15H13NO3/c17-15(18)12-7-11(8-16-9-12)10-1-3-13(4-2-10)19-14-5-6-14/h1-4,7-9,14H,5-6H2,(H,17,18). The molecule has 3 rings (SSSR count). The largest absolute Gasteiger partial charge is 0.490 e. The number of hydrogen-bond acceptors (Lipinski definition) is 3. The lowest BCUT2D eigenvalue weighted by Gasteiger charge is -2.06. The van der Waals surface area contributed by atoms with Crippen molar-refractivity contribution in [2.24, 2.45) is 0 Å². The molecule has 19 heavy (non-hydrogen) atoms. The number of benzene rings is 1. The molecule has 1 saturated carbocycles. The zero-order valence-corrected chi connectivity index (χ0v) is 10.2. The van der Waals surface area contributed by atoms with E-state index in [0.29, 0.717) is 6.10 Å². The van der Waals surface area contributed by atoms with Crippen molar-refractivity contribution in [1.29, 1.82) is 0 Å². The van der Waals surface area contributed by atoms with Gasteiger partial charge in [0.05, 0.1) is 11.7 Å². The van der Waals surface area contributed by atoms with E-state index in [4.69, 9.17) is 9.84 Å². The average Bonchev–Trinajstić information content (AvgIpc) is 3.24. The van der Waals surface area contributed by atoms with E-state index in [9.17, 15) is 4.79 Å². The smallest absolute Gasteiger partial charge is 0.337 e. The number of aromatic carboxylic acids is 1. The molecule has 0 atom stereocenters. The molecule has 4 nitrogen and oxygen atoms in total. The fraction of sp³-hybridized carbons (Fsp3) is 0.200. The van der Waals surface area contributed by atoms with E-state index in [2.05, 4.69) is 4.98 Å². The molecule has 0 unspecified atom stereocenters. The van der Waals surface area contributed by atoms with Gasteiger partial charge in [0.15, 0.2) is 0 Å². The number of rotatable bonds is 4. The minimum Gasteiger partial charge on any atom is -0.490 e. The molecule has 1 aromatic heterocycles. The Kier molecular flexibility index (Phi) is 2.91. The van der Waals surface area contributed by atoms with Gasteiger partial charge in [-0.15, -0.1) is 0 Å². The van der Waals surface area contributed by atoms with Crippen molar-refractivity contribution < 1.29 is 14.6 Å². The zero-order valence-electron chi connectivity index (χ0n) is 10.2. The highest BCUT2D eigenvalue weighted by molar-refractivity contribution is 5.88. The third-order valence-corrected chi connectivity index (χ3v) is 3.00.